The Balaban J connectivity index is 2.24. The third-order valence-electron chi connectivity index (χ3n) is 3.93. The van der Waals surface area contributed by atoms with Gasteiger partial charge in [0, 0.05) is 18.3 Å². The van der Waals surface area contributed by atoms with Gasteiger partial charge >= 0.3 is 0 Å². The Morgan fingerprint density at radius 2 is 2.06 bits per heavy atom. The summed E-state index contributed by atoms with van der Waals surface area (Å²) in [5.41, 5.74) is 2.67. The molecule has 0 bridgehead atoms. The number of nitrogens with zero attached hydrogens (tertiary/aromatic N) is 2. The molecule has 1 N–H and O–H groups in total. The summed E-state index contributed by atoms with van der Waals surface area (Å²) >= 11 is 0. The van der Waals surface area contributed by atoms with Crippen LogP contribution in [0, 0.1) is 0 Å². The first-order chi connectivity index (χ1) is 8.80. The molecule has 0 fully saturated rings. The molecule has 1 aromatic rings. The van der Waals surface area contributed by atoms with Crippen molar-refractivity contribution in [2.75, 3.05) is 18.1 Å². The van der Waals surface area contributed by atoms with E-state index in [0.717, 1.165) is 25.1 Å². The van der Waals surface area contributed by atoms with Crippen molar-refractivity contribution < 1.29 is 5.11 Å². The molecule has 18 heavy (non-hydrogen) atoms. The summed E-state index contributed by atoms with van der Waals surface area (Å²) < 4.78 is 0. The summed E-state index contributed by atoms with van der Waals surface area (Å²) in [5, 5.41) is 9.26. The second-order valence-corrected chi connectivity index (χ2v) is 5.02. The van der Waals surface area contributed by atoms with Crippen molar-refractivity contribution >= 4 is 5.82 Å². The van der Waals surface area contributed by atoms with E-state index < -0.39 is 0 Å². The monoisotopic (exact) mass is 248 g/mol. The van der Waals surface area contributed by atoms with Crippen LogP contribution in [0.1, 0.15) is 44.4 Å². The molecule has 2 rings (SSSR count). The molecule has 0 saturated carbocycles. The molecule has 0 amide bonds. The first-order valence-corrected chi connectivity index (χ1v) is 7.16. The molecular weight excluding hydrogens is 224 g/mol. The molecule has 3 nitrogen and oxygen atoms in total. The van der Waals surface area contributed by atoms with Gasteiger partial charge in [0.2, 0.25) is 0 Å². The second-order valence-electron chi connectivity index (χ2n) is 5.02. The highest BCUT2D eigenvalue weighted by atomic mass is 16.3. The molecule has 0 aliphatic heterocycles. The van der Waals surface area contributed by atoms with Crippen molar-refractivity contribution in [1.29, 1.82) is 0 Å². The van der Waals surface area contributed by atoms with Gasteiger partial charge in [-0.1, -0.05) is 19.9 Å². The molecule has 3 heteroatoms. The van der Waals surface area contributed by atoms with Crippen molar-refractivity contribution in [3.63, 3.8) is 0 Å². The summed E-state index contributed by atoms with van der Waals surface area (Å²) in [6.07, 6.45) is 5.70. The van der Waals surface area contributed by atoms with Crippen LogP contribution < -0.4 is 4.90 Å². The van der Waals surface area contributed by atoms with Gasteiger partial charge < -0.3 is 10.0 Å². The number of anilines is 1. The highest BCUT2D eigenvalue weighted by Gasteiger charge is 2.19. The fraction of sp³-hybridized carbons (Fsp3) is 0.667. The van der Waals surface area contributed by atoms with Gasteiger partial charge in [-0.2, -0.15) is 0 Å². The molecule has 0 saturated heterocycles. The van der Waals surface area contributed by atoms with Gasteiger partial charge in [0.05, 0.1) is 6.61 Å². The molecule has 0 aromatic carbocycles. The first kappa shape index (κ1) is 13.3. The molecule has 0 unspecified atom stereocenters. The standard InChI is InChI=1S/C15H24N2O/c1-3-13(4-2)17(10-11-18)15-9-8-12-6-5-7-14(12)16-15/h8-9,13,18H,3-7,10-11H2,1-2H3. The molecule has 1 aromatic heterocycles. The molecule has 100 valence electrons. The van der Waals surface area contributed by atoms with Gasteiger partial charge in [-0.05, 0) is 43.7 Å². The third-order valence-corrected chi connectivity index (χ3v) is 3.93. The quantitative estimate of drug-likeness (QED) is 0.840. The van der Waals surface area contributed by atoms with Crippen LogP contribution in [0.25, 0.3) is 0 Å². The van der Waals surface area contributed by atoms with Crippen LogP contribution in [0.15, 0.2) is 12.1 Å². The number of hydrogen-bond donors (Lipinski definition) is 1. The Bertz CT molecular complexity index is 388. The van der Waals surface area contributed by atoms with Crippen LogP contribution in [0.5, 0.6) is 0 Å². The number of rotatable bonds is 6. The maximum absolute atomic E-state index is 9.26. The molecule has 0 radical (unpaired) electrons. The summed E-state index contributed by atoms with van der Waals surface area (Å²) in [6, 6.07) is 4.82. The van der Waals surface area contributed by atoms with Gasteiger partial charge in [0.15, 0.2) is 0 Å². The van der Waals surface area contributed by atoms with E-state index in [2.05, 4.69) is 30.9 Å². The summed E-state index contributed by atoms with van der Waals surface area (Å²) in [7, 11) is 0. The minimum absolute atomic E-state index is 0.190. The number of fused-ring (bicyclic) bond motifs is 1. The van der Waals surface area contributed by atoms with Crippen molar-refractivity contribution in [3.8, 4) is 0 Å². The summed E-state index contributed by atoms with van der Waals surface area (Å²) in [4.78, 5) is 7.07. The van der Waals surface area contributed by atoms with E-state index in [1.54, 1.807) is 0 Å². The minimum Gasteiger partial charge on any atom is -0.395 e. The highest BCUT2D eigenvalue weighted by molar-refractivity contribution is 5.44. The predicted octanol–water partition coefficient (Wildman–Crippen LogP) is 2.56. The van der Waals surface area contributed by atoms with E-state index in [9.17, 15) is 5.11 Å². The van der Waals surface area contributed by atoms with Crippen LogP contribution in [0.3, 0.4) is 0 Å². The lowest BCUT2D eigenvalue weighted by molar-refractivity contribution is 0.295. The third kappa shape index (κ3) is 2.66. The lowest BCUT2D eigenvalue weighted by Gasteiger charge is -2.31. The van der Waals surface area contributed by atoms with Crippen molar-refractivity contribution in [2.24, 2.45) is 0 Å². The van der Waals surface area contributed by atoms with E-state index in [1.165, 1.54) is 24.1 Å². The summed E-state index contributed by atoms with van der Waals surface area (Å²) in [5.74, 6) is 1.04. The topological polar surface area (TPSA) is 36.4 Å². The number of aliphatic hydroxyl groups excluding tert-OH is 1. The summed E-state index contributed by atoms with van der Waals surface area (Å²) in [6.45, 7) is 5.27. The molecule has 0 spiro atoms. The normalized spacial score (nSPS) is 14.0. The van der Waals surface area contributed by atoms with Crippen LogP contribution in [0.4, 0.5) is 5.82 Å². The molecule has 1 aliphatic rings. The van der Waals surface area contributed by atoms with Crippen LogP contribution >= 0.6 is 0 Å². The van der Waals surface area contributed by atoms with Gasteiger partial charge in [-0.15, -0.1) is 0 Å². The number of pyridine rings is 1. The van der Waals surface area contributed by atoms with Crippen LogP contribution in [-0.2, 0) is 12.8 Å². The second kappa shape index (κ2) is 6.19. The zero-order valence-electron chi connectivity index (χ0n) is 11.5. The SMILES string of the molecule is CCC(CC)N(CCO)c1ccc2c(n1)CCC2. The number of aromatic nitrogens is 1. The van der Waals surface area contributed by atoms with E-state index in [-0.39, 0.29) is 6.61 Å². The van der Waals surface area contributed by atoms with Gasteiger partial charge in [0.25, 0.3) is 0 Å². The van der Waals surface area contributed by atoms with Crippen molar-refractivity contribution in [1.82, 2.24) is 4.98 Å². The average molecular weight is 248 g/mol. The minimum atomic E-state index is 0.190. The maximum atomic E-state index is 9.26. The molecule has 0 atom stereocenters. The molecule has 1 heterocycles. The van der Waals surface area contributed by atoms with Gasteiger partial charge in [-0.25, -0.2) is 4.98 Å². The zero-order valence-corrected chi connectivity index (χ0v) is 11.5. The zero-order chi connectivity index (χ0) is 13.0. The van der Waals surface area contributed by atoms with E-state index >= 15 is 0 Å². The lowest BCUT2D eigenvalue weighted by Crippen LogP contribution is -2.37. The largest absolute Gasteiger partial charge is 0.395 e. The molecular formula is C15H24N2O. The Morgan fingerprint density at radius 1 is 1.28 bits per heavy atom. The highest BCUT2D eigenvalue weighted by Crippen LogP contribution is 2.25. The fourth-order valence-corrected chi connectivity index (χ4v) is 2.89. The van der Waals surface area contributed by atoms with Crippen molar-refractivity contribution in [2.45, 2.75) is 52.0 Å². The van der Waals surface area contributed by atoms with Crippen LogP contribution in [0.2, 0.25) is 0 Å². The average Bonchev–Trinajstić information content (AvgIpc) is 2.86. The van der Waals surface area contributed by atoms with Gasteiger partial charge in [-0.3, -0.25) is 0 Å². The Morgan fingerprint density at radius 3 is 2.72 bits per heavy atom. The fourth-order valence-electron chi connectivity index (χ4n) is 2.89. The Labute approximate surface area is 110 Å². The number of aryl methyl sites for hydroxylation is 2. The lowest BCUT2D eigenvalue weighted by atomic mass is 10.1. The predicted molar refractivity (Wildman–Crippen MR) is 75.1 cm³/mol. The first-order valence-electron chi connectivity index (χ1n) is 7.16. The van der Waals surface area contributed by atoms with E-state index in [1.807, 2.05) is 0 Å². The van der Waals surface area contributed by atoms with Crippen molar-refractivity contribution in [3.05, 3.63) is 23.4 Å². The Kier molecular flexibility index (Phi) is 4.59. The smallest absolute Gasteiger partial charge is 0.129 e. The van der Waals surface area contributed by atoms with Crippen LogP contribution in [-0.4, -0.2) is 29.3 Å². The maximum Gasteiger partial charge on any atom is 0.129 e. The molecule has 1 aliphatic carbocycles. The number of aliphatic hydroxyl groups is 1. The van der Waals surface area contributed by atoms with Gasteiger partial charge in [0.1, 0.15) is 5.82 Å². The van der Waals surface area contributed by atoms with E-state index in [0.29, 0.717) is 12.6 Å². The Hall–Kier alpha value is -1.09. The van der Waals surface area contributed by atoms with E-state index in [4.69, 9.17) is 4.98 Å². The number of hydrogen-bond acceptors (Lipinski definition) is 3.